The Morgan fingerprint density at radius 2 is 2.11 bits per heavy atom. The summed E-state index contributed by atoms with van der Waals surface area (Å²) in [6.45, 7) is 2.67. The molecule has 9 heteroatoms. The van der Waals surface area contributed by atoms with Gasteiger partial charge in [0.25, 0.3) is 5.91 Å². The van der Waals surface area contributed by atoms with Crippen LogP contribution in [0.2, 0.25) is 5.02 Å². The van der Waals surface area contributed by atoms with E-state index in [0.29, 0.717) is 10.7 Å². The zero-order valence-electron chi connectivity index (χ0n) is 15.1. The van der Waals surface area contributed by atoms with E-state index in [1.165, 1.54) is 0 Å². The molecule has 3 atom stereocenters. The van der Waals surface area contributed by atoms with Crippen LogP contribution < -0.4 is 5.32 Å². The van der Waals surface area contributed by atoms with Crippen LogP contribution in [0.25, 0.3) is 0 Å². The summed E-state index contributed by atoms with van der Waals surface area (Å²) >= 11 is 5.85. The molecule has 0 aromatic heterocycles. The predicted molar refractivity (Wildman–Crippen MR) is 98.0 cm³/mol. The summed E-state index contributed by atoms with van der Waals surface area (Å²) in [6, 6.07) is 4.95. The van der Waals surface area contributed by atoms with E-state index in [9.17, 15) is 24.5 Å². The summed E-state index contributed by atoms with van der Waals surface area (Å²) in [6.07, 6.45) is -0.0400. The van der Waals surface area contributed by atoms with Crippen LogP contribution in [-0.4, -0.2) is 35.7 Å². The number of Topliss-reactive ketones (excluding diaryl/α,β-unsaturated/α-hetero) is 1. The van der Waals surface area contributed by atoms with Crippen LogP contribution in [0.1, 0.15) is 25.3 Å². The molecule has 1 aliphatic carbocycles. The lowest BCUT2D eigenvalue weighted by atomic mass is 9.88. The highest BCUT2D eigenvalue weighted by Gasteiger charge is 2.44. The molecule has 0 aliphatic heterocycles. The number of aryl methyl sites for hydroxylation is 1. The zero-order valence-corrected chi connectivity index (χ0v) is 15.8. The Morgan fingerprint density at radius 1 is 1.41 bits per heavy atom. The predicted octanol–water partition coefficient (Wildman–Crippen LogP) is 2.64. The van der Waals surface area contributed by atoms with Crippen molar-refractivity contribution in [3.8, 4) is 0 Å². The van der Waals surface area contributed by atoms with E-state index in [1.54, 1.807) is 32.0 Å². The van der Waals surface area contributed by atoms with E-state index < -0.39 is 35.2 Å². The Balaban J connectivity index is 1.86. The molecule has 1 fully saturated rings. The Bertz CT molecular complexity index is 766. The number of nitro groups is 1. The first-order valence-corrected chi connectivity index (χ1v) is 8.91. The zero-order chi connectivity index (χ0) is 20.1. The third kappa shape index (κ3) is 5.75. The van der Waals surface area contributed by atoms with Gasteiger partial charge >= 0.3 is 5.97 Å². The molecule has 1 amide bonds. The van der Waals surface area contributed by atoms with Crippen LogP contribution in [0, 0.1) is 34.8 Å². The van der Waals surface area contributed by atoms with E-state index in [-0.39, 0.29) is 31.1 Å². The number of rotatable bonds is 7. The van der Waals surface area contributed by atoms with Crippen molar-refractivity contribution in [3.05, 3.63) is 38.9 Å². The second-order valence-corrected chi connectivity index (χ2v) is 7.24. The number of ketones is 1. The number of nitrogens with zero attached hydrogens (tertiary/aromatic N) is 1. The third-order valence-electron chi connectivity index (χ3n) is 4.76. The van der Waals surface area contributed by atoms with Gasteiger partial charge in [0.05, 0.1) is 6.42 Å². The molecule has 0 radical (unpaired) electrons. The summed E-state index contributed by atoms with van der Waals surface area (Å²) in [7, 11) is 0. The smallest absolute Gasteiger partial charge is 0.307 e. The molecular weight excluding hydrogens is 376 g/mol. The average Bonchev–Trinajstić information content (AvgIpc) is 2.82. The van der Waals surface area contributed by atoms with Gasteiger partial charge in [0, 0.05) is 33.9 Å². The molecule has 8 nitrogen and oxygen atoms in total. The van der Waals surface area contributed by atoms with Crippen molar-refractivity contribution in [3.63, 3.8) is 0 Å². The van der Waals surface area contributed by atoms with Gasteiger partial charge in [-0.05, 0) is 36.6 Å². The minimum Gasteiger partial charge on any atom is -0.456 e. The van der Waals surface area contributed by atoms with Crippen LogP contribution in [0.4, 0.5) is 5.69 Å². The number of benzene rings is 1. The lowest BCUT2D eigenvalue weighted by Crippen LogP contribution is -2.28. The Kier molecular flexibility index (Phi) is 6.90. The fourth-order valence-corrected chi connectivity index (χ4v) is 3.56. The van der Waals surface area contributed by atoms with Gasteiger partial charge in [0.1, 0.15) is 5.78 Å². The van der Waals surface area contributed by atoms with Crippen molar-refractivity contribution < 1.29 is 24.0 Å². The van der Waals surface area contributed by atoms with Crippen molar-refractivity contribution in [2.45, 2.75) is 26.7 Å². The number of amides is 1. The molecule has 146 valence electrons. The van der Waals surface area contributed by atoms with Crippen LogP contribution in [-0.2, 0) is 19.1 Å². The molecule has 0 bridgehead atoms. The molecule has 0 heterocycles. The highest BCUT2D eigenvalue weighted by Crippen LogP contribution is 2.36. The van der Waals surface area contributed by atoms with Crippen LogP contribution >= 0.6 is 11.6 Å². The van der Waals surface area contributed by atoms with Crippen molar-refractivity contribution >= 4 is 34.9 Å². The van der Waals surface area contributed by atoms with Crippen molar-refractivity contribution in [1.82, 2.24) is 0 Å². The van der Waals surface area contributed by atoms with E-state index >= 15 is 0 Å². The molecule has 27 heavy (non-hydrogen) atoms. The third-order valence-corrected chi connectivity index (χ3v) is 4.99. The average molecular weight is 397 g/mol. The van der Waals surface area contributed by atoms with Crippen LogP contribution in [0.3, 0.4) is 0 Å². The standard InChI is InChI=1S/C18H21ClN2O6/c1-10-6-16(22)13(14(10)8-21(25)26)7-18(24)27-9-17(23)20-15-4-3-12(19)5-11(15)2/h3-5,10,13-14H,6-9H2,1-2H3,(H,20,23)/t10-,13+,14+/m1/s1. The second kappa shape index (κ2) is 8.94. The fraction of sp³-hybridized carbons (Fsp3) is 0.500. The number of anilines is 1. The molecule has 1 aliphatic rings. The molecule has 2 rings (SSSR count). The molecule has 1 saturated carbocycles. The normalized spacial score (nSPS) is 21.7. The first kappa shape index (κ1) is 20.8. The lowest BCUT2D eigenvalue weighted by Gasteiger charge is -2.17. The van der Waals surface area contributed by atoms with Gasteiger partial charge in [0.2, 0.25) is 6.54 Å². The van der Waals surface area contributed by atoms with Crippen molar-refractivity contribution in [1.29, 1.82) is 0 Å². The van der Waals surface area contributed by atoms with Gasteiger partial charge in [-0.2, -0.15) is 0 Å². The van der Waals surface area contributed by atoms with Gasteiger partial charge < -0.3 is 10.1 Å². The van der Waals surface area contributed by atoms with Gasteiger partial charge in [-0.1, -0.05) is 18.5 Å². The summed E-state index contributed by atoms with van der Waals surface area (Å²) in [5.74, 6) is -2.81. The summed E-state index contributed by atoms with van der Waals surface area (Å²) in [4.78, 5) is 46.3. The number of carbonyl (C=O) groups excluding carboxylic acids is 3. The molecule has 0 saturated heterocycles. The Morgan fingerprint density at radius 3 is 2.74 bits per heavy atom. The first-order chi connectivity index (χ1) is 12.7. The minimum atomic E-state index is -0.737. The van der Waals surface area contributed by atoms with Crippen molar-refractivity contribution in [2.75, 3.05) is 18.5 Å². The Labute approximate surface area is 161 Å². The van der Waals surface area contributed by atoms with Gasteiger partial charge in [0.15, 0.2) is 6.61 Å². The van der Waals surface area contributed by atoms with Gasteiger partial charge in [-0.15, -0.1) is 0 Å². The second-order valence-electron chi connectivity index (χ2n) is 6.81. The monoisotopic (exact) mass is 396 g/mol. The topological polar surface area (TPSA) is 116 Å². The number of hydrogen-bond donors (Lipinski definition) is 1. The maximum absolute atomic E-state index is 12.0. The van der Waals surface area contributed by atoms with Crippen LogP contribution in [0.15, 0.2) is 18.2 Å². The van der Waals surface area contributed by atoms with Crippen LogP contribution in [0.5, 0.6) is 0 Å². The first-order valence-electron chi connectivity index (χ1n) is 8.53. The van der Waals surface area contributed by atoms with Crippen molar-refractivity contribution in [2.24, 2.45) is 17.8 Å². The SMILES string of the molecule is Cc1cc(Cl)ccc1NC(=O)COC(=O)C[C@@H]1C(=O)C[C@@H](C)[C@@H]1C[N+](=O)[O-]. The molecule has 1 aromatic rings. The number of nitrogens with one attached hydrogen (secondary N) is 1. The minimum absolute atomic E-state index is 0.156. The molecule has 0 spiro atoms. The number of ether oxygens (including phenoxy) is 1. The summed E-state index contributed by atoms with van der Waals surface area (Å²) in [5.41, 5.74) is 1.31. The maximum atomic E-state index is 12.0. The largest absolute Gasteiger partial charge is 0.456 e. The quantitative estimate of drug-likeness (QED) is 0.430. The highest BCUT2D eigenvalue weighted by molar-refractivity contribution is 6.30. The highest BCUT2D eigenvalue weighted by atomic mass is 35.5. The lowest BCUT2D eigenvalue weighted by molar-refractivity contribution is -0.490. The summed E-state index contributed by atoms with van der Waals surface area (Å²) in [5, 5.41) is 13.9. The number of esters is 1. The van der Waals surface area contributed by atoms with Gasteiger partial charge in [-0.25, -0.2) is 0 Å². The molecular formula is C18H21ClN2O6. The van der Waals surface area contributed by atoms with E-state index in [1.807, 2.05) is 0 Å². The molecule has 1 aromatic carbocycles. The van der Waals surface area contributed by atoms with E-state index in [4.69, 9.17) is 16.3 Å². The van der Waals surface area contributed by atoms with E-state index in [2.05, 4.69) is 5.32 Å². The van der Waals surface area contributed by atoms with E-state index in [0.717, 1.165) is 5.56 Å². The number of carbonyl (C=O) groups is 3. The number of hydrogen-bond acceptors (Lipinski definition) is 6. The fourth-order valence-electron chi connectivity index (χ4n) is 3.34. The van der Waals surface area contributed by atoms with Gasteiger partial charge in [-0.3, -0.25) is 24.5 Å². The summed E-state index contributed by atoms with van der Waals surface area (Å²) < 4.78 is 4.94. The molecule has 1 N–H and O–H groups in total. The molecule has 0 unspecified atom stereocenters. The maximum Gasteiger partial charge on any atom is 0.307 e. The Hall–Kier alpha value is -2.48. The number of halogens is 1.